The Labute approximate surface area is 120 Å². The average molecular weight is 292 g/mol. The van der Waals surface area contributed by atoms with Crippen molar-refractivity contribution in [3.8, 4) is 0 Å². The Kier molecular flexibility index (Phi) is 2.82. The number of aromatic nitrogens is 1. The van der Waals surface area contributed by atoms with Crippen molar-refractivity contribution in [2.45, 2.75) is 31.8 Å². The van der Waals surface area contributed by atoms with Crippen LogP contribution < -0.4 is 11.1 Å². The van der Waals surface area contributed by atoms with Crippen molar-refractivity contribution in [1.29, 1.82) is 0 Å². The van der Waals surface area contributed by atoms with Crippen LogP contribution in [0.3, 0.4) is 0 Å². The van der Waals surface area contributed by atoms with Crippen molar-refractivity contribution in [3.05, 3.63) is 28.5 Å². The first-order chi connectivity index (χ1) is 10.1. The van der Waals surface area contributed by atoms with E-state index in [9.17, 15) is 9.18 Å². The van der Waals surface area contributed by atoms with E-state index in [1.165, 1.54) is 18.6 Å². The number of ether oxygens (including phenoxy) is 1. The topological polar surface area (TPSA) is 67.3 Å². The highest BCUT2D eigenvalue weighted by Gasteiger charge is 2.42. The maximum absolute atomic E-state index is 14.1. The Morgan fingerprint density at radius 2 is 2.38 bits per heavy atom. The van der Waals surface area contributed by atoms with Gasteiger partial charge in [0.2, 0.25) is 0 Å². The molecule has 1 aliphatic carbocycles. The van der Waals surface area contributed by atoms with Crippen LogP contribution in [0.5, 0.6) is 0 Å². The van der Waals surface area contributed by atoms with Crippen LogP contribution in [0.2, 0.25) is 0 Å². The lowest BCUT2D eigenvalue weighted by Gasteiger charge is -2.31. The highest BCUT2D eigenvalue weighted by Crippen LogP contribution is 2.43. The number of hydrogen-bond donors (Lipinski definition) is 2. The molecule has 5 nitrogen and oxygen atoms in total. The number of rotatable bonds is 3. The second-order valence-electron chi connectivity index (χ2n) is 6.23. The largest absolute Gasteiger partial charge is 0.417 e. The minimum atomic E-state index is -0.570. The van der Waals surface area contributed by atoms with Gasteiger partial charge in [-0.3, -0.25) is 4.98 Å². The van der Waals surface area contributed by atoms with Crippen molar-refractivity contribution in [1.82, 2.24) is 4.98 Å². The van der Waals surface area contributed by atoms with Crippen molar-refractivity contribution in [3.63, 3.8) is 0 Å². The van der Waals surface area contributed by atoms with Crippen LogP contribution in [0.1, 0.15) is 25.7 Å². The fourth-order valence-electron chi connectivity index (χ4n) is 3.56. The van der Waals surface area contributed by atoms with E-state index >= 15 is 0 Å². The number of benzene rings is 1. The van der Waals surface area contributed by atoms with Gasteiger partial charge in [-0.1, -0.05) is 6.42 Å². The van der Waals surface area contributed by atoms with Crippen molar-refractivity contribution < 1.29 is 13.5 Å². The summed E-state index contributed by atoms with van der Waals surface area (Å²) in [6, 6.07) is 2.82. The van der Waals surface area contributed by atoms with Gasteiger partial charge in [-0.2, -0.15) is 0 Å². The van der Waals surface area contributed by atoms with Crippen LogP contribution in [0.4, 0.5) is 10.1 Å². The summed E-state index contributed by atoms with van der Waals surface area (Å²) in [6.45, 7) is 1.42. The third-order valence-corrected chi connectivity index (χ3v) is 4.68. The second-order valence-corrected chi connectivity index (χ2v) is 6.23. The fraction of sp³-hybridized carbons (Fsp3) is 0.533. The molecular formula is C15H17FN2O3. The summed E-state index contributed by atoms with van der Waals surface area (Å²) in [6.07, 6.45) is 4.83. The molecule has 2 bridgehead atoms. The van der Waals surface area contributed by atoms with Gasteiger partial charge < -0.3 is 14.5 Å². The summed E-state index contributed by atoms with van der Waals surface area (Å²) in [4.78, 5) is 13.6. The molecule has 1 saturated heterocycles. The van der Waals surface area contributed by atoms with E-state index in [0.717, 1.165) is 25.9 Å². The fourth-order valence-corrected chi connectivity index (χ4v) is 3.56. The lowest BCUT2D eigenvalue weighted by Crippen LogP contribution is -2.32. The Morgan fingerprint density at radius 1 is 1.48 bits per heavy atom. The summed E-state index contributed by atoms with van der Waals surface area (Å²) in [5.41, 5.74) is 1.23. The summed E-state index contributed by atoms with van der Waals surface area (Å²) >= 11 is 0. The number of aromatic amines is 1. The normalized spacial score (nSPS) is 28.1. The summed E-state index contributed by atoms with van der Waals surface area (Å²) in [5.74, 6) is -0.957. The number of anilines is 1. The quantitative estimate of drug-likeness (QED) is 0.912. The molecule has 6 heteroatoms. The average Bonchev–Trinajstić information content (AvgIpc) is 2.95. The van der Waals surface area contributed by atoms with E-state index < -0.39 is 5.76 Å². The number of oxazole rings is 1. The van der Waals surface area contributed by atoms with Crippen LogP contribution in [-0.2, 0) is 4.74 Å². The van der Waals surface area contributed by atoms with Crippen LogP contribution in [0.15, 0.2) is 21.3 Å². The van der Waals surface area contributed by atoms with Crippen LogP contribution >= 0.6 is 0 Å². The lowest BCUT2D eigenvalue weighted by molar-refractivity contribution is 0.104. The molecule has 2 atom stereocenters. The van der Waals surface area contributed by atoms with Gasteiger partial charge in [-0.25, -0.2) is 9.18 Å². The third-order valence-electron chi connectivity index (χ3n) is 4.68. The van der Waals surface area contributed by atoms with Gasteiger partial charge in [0.1, 0.15) is 5.82 Å². The molecule has 2 aliphatic rings. The Bertz CT molecular complexity index is 734. The third kappa shape index (κ3) is 2.23. The molecule has 2 unspecified atom stereocenters. The molecule has 21 heavy (non-hydrogen) atoms. The zero-order valence-corrected chi connectivity index (χ0v) is 11.6. The number of fused-ring (bicyclic) bond motifs is 3. The van der Waals surface area contributed by atoms with E-state index in [0.29, 0.717) is 29.4 Å². The zero-order chi connectivity index (χ0) is 14.4. The molecule has 2 heterocycles. The predicted octanol–water partition coefficient (Wildman–Crippen LogP) is 2.63. The molecule has 1 aromatic heterocycles. The molecule has 1 saturated carbocycles. The Hall–Kier alpha value is -1.82. The summed E-state index contributed by atoms with van der Waals surface area (Å²) in [5, 5.41) is 3.17. The molecule has 0 radical (unpaired) electrons. The molecule has 1 aliphatic heterocycles. The first-order valence-electron chi connectivity index (χ1n) is 7.31. The molecule has 112 valence electrons. The highest BCUT2D eigenvalue weighted by molar-refractivity contribution is 5.77. The van der Waals surface area contributed by atoms with Gasteiger partial charge in [0, 0.05) is 24.1 Å². The van der Waals surface area contributed by atoms with Gasteiger partial charge in [-0.15, -0.1) is 0 Å². The second kappa shape index (κ2) is 4.59. The van der Waals surface area contributed by atoms with E-state index in [1.807, 2.05) is 0 Å². The van der Waals surface area contributed by atoms with Crippen LogP contribution in [0.25, 0.3) is 11.1 Å². The number of halogens is 1. The van der Waals surface area contributed by atoms with Crippen molar-refractivity contribution in [2.24, 2.45) is 5.41 Å². The van der Waals surface area contributed by atoms with Crippen LogP contribution in [-0.4, -0.2) is 24.2 Å². The van der Waals surface area contributed by atoms with Gasteiger partial charge in [0.15, 0.2) is 5.58 Å². The number of H-pyrrole nitrogens is 1. The number of hydrogen-bond acceptors (Lipinski definition) is 4. The monoisotopic (exact) mass is 292 g/mol. The lowest BCUT2D eigenvalue weighted by atomic mass is 9.76. The standard InChI is InChI=1S/C15H17FN2O3/c16-10-4-12-13(21-14(19)18-12)5-11(10)17-7-15-3-1-2-9(6-15)20-8-15/h4-5,9,17H,1-3,6-8H2,(H,18,19). The molecule has 2 aromatic rings. The SMILES string of the molecule is O=c1[nH]c2cc(F)c(NCC34CCCC(C3)OC4)cc2o1. The smallest absolute Gasteiger partial charge is 0.408 e. The van der Waals surface area contributed by atoms with Crippen LogP contribution in [0, 0.1) is 11.2 Å². The van der Waals surface area contributed by atoms with Gasteiger partial charge in [-0.05, 0) is 19.3 Å². The summed E-state index contributed by atoms with van der Waals surface area (Å²) in [7, 11) is 0. The van der Waals surface area contributed by atoms with E-state index in [2.05, 4.69) is 10.3 Å². The number of nitrogens with one attached hydrogen (secondary N) is 2. The molecule has 0 amide bonds. The first-order valence-corrected chi connectivity index (χ1v) is 7.31. The molecule has 1 aromatic carbocycles. The van der Waals surface area contributed by atoms with E-state index in [4.69, 9.17) is 9.15 Å². The maximum atomic E-state index is 14.1. The maximum Gasteiger partial charge on any atom is 0.417 e. The van der Waals surface area contributed by atoms with Gasteiger partial charge in [0.25, 0.3) is 0 Å². The zero-order valence-electron chi connectivity index (χ0n) is 11.6. The highest BCUT2D eigenvalue weighted by atomic mass is 19.1. The Morgan fingerprint density at radius 3 is 3.29 bits per heavy atom. The molecule has 2 N–H and O–H groups in total. The molecular weight excluding hydrogens is 275 g/mol. The molecule has 0 spiro atoms. The minimum Gasteiger partial charge on any atom is -0.408 e. The van der Waals surface area contributed by atoms with E-state index in [-0.39, 0.29) is 11.2 Å². The van der Waals surface area contributed by atoms with Gasteiger partial charge >= 0.3 is 5.76 Å². The molecule has 4 rings (SSSR count). The minimum absolute atomic E-state index is 0.114. The Balaban J connectivity index is 1.56. The first kappa shape index (κ1) is 12.9. The van der Waals surface area contributed by atoms with Crippen molar-refractivity contribution >= 4 is 16.8 Å². The molecule has 2 fully saturated rings. The van der Waals surface area contributed by atoms with Crippen molar-refractivity contribution in [2.75, 3.05) is 18.5 Å². The summed E-state index contributed by atoms with van der Waals surface area (Å²) < 4.78 is 24.8. The predicted molar refractivity (Wildman–Crippen MR) is 75.9 cm³/mol. The van der Waals surface area contributed by atoms with E-state index in [1.54, 1.807) is 0 Å². The van der Waals surface area contributed by atoms with Gasteiger partial charge in [0.05, 0.1) is 23.9 Å².